The largest absolute Gasteiger partial charge is 0.462 e. The van der Waals surface area contributed by atoms with Crippen LogP contribution in [0.5, 0.6) is 0 Å². The smallest absolute Gasteiger partial charge is 0.311 e. The summed E-state index contributed by atoms with van der Waals surface area (Å²) in [5.74, 6) is -2.59. The summed E-state index contributed by atoms with van der Waals surface area (Å²) in [6, 6.07) is 5.53. The van der Waals surface area contributed by atoms with Gasteiger partial charge in [-0.3, -0.25) is 34.3 Å². The minimum Gasteiger partial charge on any atom is -0.462 e. The molecule has 0 aliphatic carbocycles. The number of benzene rings is 1. The molecular weight excluding hydrogens is 600 g/mol. The third kappa shape index (κ3) is 10.6. The maximum absolute atomic E-state index is 13.3. The van der Waals surface area contributed by atoms with Crippen LogP contribution in [0.1, 0.15) is 88.6 Å². The van der Waals surface area contributed by atoms with Crippen molar-refractivity contribution in [3.05, 3.63) is 39.9 Å². The first-order valence-corrected chi connectivity index (χ1v) is 15.1. The van der Waals surface area contributed by atoms with Crippen molar-refractivity contribution < 1.29 is 47.8 Å². The van der Waals surface area contributed by atoms with E-state index < -0.39 is 87.7 Å². The number of aliphatic imine (C=N–C) groups is 1. The van der Waals surface area contributed by atoms with E-state index in [0.717, 1.165) is 0 Å². The number of carbonyl (C=O) groups is 4. The van der Waals surface area contributed by atoms with E-state index in [1.807, 2.05) is 0 Å². The average molecular weight is 649 g/mol. The second-order valence-electron chi connectivity index (χ2n) is 15.4. The Morgan fingerprint density at radius 3 is 1.54 bits per heavy atom. The molecular formula is C33H48N2O11. The molecule has 5 atom stereocenters. The minimum absolute atomic E-state index is 0.124. The molecule has 46 heavy (non-hydrogen) atoms. The van der Waals surface area contributed by atoms with Gasteiger partial charge in [0.2, 0.25) is 0 Å². The number of rotatable bonds is 8. The molecule has 1 heterocycles. The Bertz CT molecular complexity index is 1310. The van der Waals surface area contributed by atoms with E-state index in [-0.39, 0.29) is 5.69 Å². The minimum atomic E-state index is -1.43. The van der Waals surface area contributed by atoms with E-state index in [4.69, 9.17) is 23.7 Å². The molecule has 0 bridgehead atoms. The first-order chi connectivity index (χ1) is 20.8. The van der Waals surface area contributed by atoms with Crippen molar-refractivity contribution >= 4 is 35.8 Å². The predicted molar refractivity (Wildman–Crippen MR) is 168 cm³/mol. The average Bonchev–Trinajstić information content (AvgIpc) is 2.90. The number of hydrogen-bond donors (Lipinski definition) is 0. The molecule has 13 heteroatoms. The molecule has 0 saturated carbocycles. The third-order valence-electron chi connectivity index (χ3n) is 6.64. The molecule has 2 rings (SSSR count). The fourth-order valence-electron chi connectivity index (χ4n) is 3.67. The fourth-order valence-corrected chi connectivity index (χ4v) is 3.67. The van der Waals surface area contributed by atoms with Gasteiger partial charge in [0, 0.05) is 18.3 Å². The van der Waals surface area contributed by atoms with Gasteiger partial charge in [-0.2, -0.15) is 0 Å². The van der Waals surface area contributed by atoms with Crippen LogP contribution in [-0.4, -0.2) is 72.3 Å². The number of nitro groups is 1. The maximum Gasteiger partial charge on any atom is 0.311 e. The van der Waals surface area contributed by atoms with Gasteiger partial charge in [0.1, 0.15) is 12.7 Å². The van der Waals surface area contributed by atoms with Crippen molar-refractivity contribution in [2.24, 2.45) is 26.7 Å². The van der Waals surface area contributed by atoms with Gasteiger partial charge in [-0.05, 0) is 101 Å². The highest BCUT2D eigenvalue weighted by Crippen LogP contribution is 2.34. The molecule has 0 N–H and O–H groups in total. The number of nitro benzene ring substituents is 1. The SMILES string of the molecule is CC(C)(C)C(=O)OC[C@@H]1O[C@H](N=Cc2ccc([N+](=O)[O-])cc2)[C@H](OC(=O)C(C)(C)C)[C@@H](OC(=O)C(C)(C)C)[C@H]1OC(=O)C(C)(C)C. The molecule has 0 aromatic heterocycles. The fraction of sp³-hybridized carbons (Fsp3) is 0.667. The first kappa shape index (κ1) is 38.3. The van der Waals surface area contributed by atoms with Gasteiger partial charge in [-0.1, -0.05) is 0 Å². The van der Waals surface area contributed by atoms with Crippen LogP contribution in [0.25, 0.3) is 0 Å². The monoisotopic (exact) mass is 648 g/mol. The summed E-state index contributed by atoms with van der Waals surface area (Å²) in [5, 5.41) is 11.1. The molecule has 0 unspecified atom stereocenters. The molecule has 1 aromatic carbocycles. The van der Waals surface area contributed by atoms with Gasteiger partial charge < -0.3 is 23.7 Å². The quantitative estimate of drug-likeness (QED) is 0.119. The van der Waals surface area contributed by atoms with Gasteiger partial charge in [0.05, 0.1) is 26.6 Å². The van der Waals surface area contributed by atoms with Crippen molar-refractivity contribution in [2.75, 3.05) is 6.61 Å². The molecule has 1 aromatic rings. The zero-order chi connectivity index (χ0) is 35.4. The molecule has 1 fully saturated rings. The van der Waals surface area contributed by atoms with Gasteiger partial charge in [0.25, 0.3) is 5.69 Å². The zero-order valence-electron chi connectivity index (χ0n) is 28.9. The Morgan fingerprint density at radius 2 is 1.13 bits per heavy atom. The number of ether oxygens (including phenoxy) is 5. The number of nitrogens with zero attached hydrogens (tertiary/aromatic N) is 2. The lowest BCUT2D eigenvalue weighted by atomic mass is 9.92. The molecule has 1 aliphatic rings. The molecule has 13 nitrogen and oxygen atoms in total. The normalized spacial score (nSPS) is 22.6. The third-order valence-corrected chi connectivity index (χ3v) is 6.64. The van der Waals surface area contributed by atoms with Crippen LogP contribution in [0.15, 0.2) is 29.3 Å². The van der Waals surface area contributed by atoms with Gasteiger partial charge >= 0.3 is 23.9 Å². The summed E-state index contributed by atoms with van der Waals surface area (Å²) in [6.45, 7) is 19.3. The number of hydrogen-bond acceptors (Lipinski definition) is 12. The van der Waals surface area contributed by atoms with Crippen molar-refractivity contribution in [1.82, 2.24) is 0 Å². The summed E-state index contributed by atoms with van der Waals surface area (Å²) in [5.41, 5.74) is -3.55. The van der Waals surface area contributed by atoms with Crippen LogP contribution >= 0.6 is 0 Å². The van der Waals surface area contributed by atoms with E-state index >= 15 is 0 Å². The lowest BCUT2D eigenvalue weighted by Gasteiger charge is -2.45. The highest BCUT2D eigenvalue weighted by atomic mass is 16.7. The van der Waals surface area contributed by atoms with Gasteiger partial charge in [0.15, 0.2) is 24.5 Å². The van der Waals surface area contributed by atoms with E-state index in [9.17, 15) is 29.3 Å². The van der Waals surface area contributed by atoms with Crippen molar-refractivity contribution in [1.29, 1.82) is 0 Å². The maximum atomic E-state index is 13.3. The second kappa shape index (κ2) is 14.3. The number of non-ortho nitro benzene ring substituents is 1. The summed E-state index contributed by atoms with van der Waals surface area (Å²) < 4.78 is 29.6. The number of carbonyl (C=O) groups excluding carboxylic acids is 4. The van der Waals surface area contributed by atoms with Crippen LogP contribution < -0.4 is 0 Å². The molecule has 0 amide bonds. The summed E-state index contributed by atoms with van der Waals surface area (Å²) >= 11 is 0. The molecule has 1 aliphatic heterocycles. The van der Waals surface area contributed by atoms with Crippen LogP contribution in [0, 0.1) is 31.8 Å². The van der Waals surface area contributed by atoms with Crippen LogP contribution in [0.4, 0.5) is 5.69 Å². The van der Waals surface area contributed by atoms with Crippen LogP contribution in [-0.2, 0) is 42.9 Å². The highest BCUT2D eigenvalue weighted by Gasteiger charge is 2.54. The zero-order valence-corrected chi connectivity index (χ0v) is 28.9. The van der Waals surface area contributed by atoms with Crippen molar-refractivity contribution in [3.63, 3.8) is 0 Å². The number of esters is 4. The molecule has 0 spiro atoms. The van der Waals surface area contributed by atoms with E-state index in [2.05, 4.69) is 4.99 Å². The van der Waals surface area contributed by atoms with E-state index in [0.29, 0.717) is 5.56 Å². The Kier molecular flexibility index (Phi) is 11.9. The van der Waals surface area contributed by atoms with Crippen molar-refractivity contribution in [2.45, 2.75) is 114 Å². The van der Waals surface area contributed by atoms with Gasteiger partial charge in [-0.25, -0.2) is 0 Å². The van der Waals surface area contributed by atoms with Crippen molar-refractivity contribution in [3.8, 4) is 0 Å². The molecule has 0 radical (unpaired) electrons. The van der Waals surface area contributed by atoms with Gasteiger partial charge in [-0.15, -0.1) is 0 Å². The lowest BCUT2D eigenvalue weighted by Crippen LogP contribution is -2.63. The summed E-state index contributed by atoms with van der Waals surface area (Å²) in [6.07, 6.45) is -5.43. The summed E-state index contributed by atoms with van der Waals surface area (Å²) in [7, 11) is 0. The van der Waals surface area contributed by atoms with Crippen LogP contribution in [0.3, 0.4) is 0 Å². The highest BCUT2D eigenvalue weighted by molar-refractivity contribution is 5.80. The topological polar surface area (TPSA) is 170 Å². The van der Waals surface area contributed by atoms with E-state index in [1.54, 1.807) is 83.1 Å². The Balaban J connectivity index is 2.73. The lowest BCUT2D eigenvalue weighted by molar-refractivity contribution is -0.384. The predicted octanol–water partition coefficient (Wildman–Crippen LogP) is 5.20. The molecule has 1 saturated heterocycles. The Morgan fingerprint density at radius 1 is 0.717 bits per heavy atom. The second-order valence-corrected chi connectivity index (χ2v) is 15.4. The van der Waals surface area contributed by atoms with Crippen LogP contribution in [0.2, 0.25) is 0 Å². The molecule has 256 valence electrons. The Labute approximate surface area is 270 Å². The Hall–Kier alpha value is -3.87. The van der Waals surface area contributed by atoms with E-state index in [1.165, 1.54) is 30.5 Å². The summed E-state index contributed by atoms with van der Waals surface area (Å²) in [4.78, 5) is 67.7. The first-order valence-electron chi connectivity index (χ1n) is 15.1. The standard InChI is InChI=1S/C33H48N2O11/c1-30(2,3)26(36)42-18-21-22(44-27(37)31(4,5)6)23(45-28(38)32(7,8)9)24(46-29(39)33(10,11)12)25(43-21)34-17-19-13-15-20(16-14-19)35(40)41/h13-17,21-25H,18H2,1-12H3/t21-,22-,23-,24+,25-/m0/s1.